The molecular formula is C11H20F2N2. The fourth-order valence-corrected chi connectivity index (χ4v) is 1.73. The van der Waals surface area contributed by atoms with Gasteiger partial charge in [0.25, 0.3) is 5.92 Å². The van der Waals surface area contributed by atoms with Crippen molar-refractivity contribution < 1.29 is 8.78 Å². The maximum absolute atomic E-state index is 13.2. The molecule has 0 saturated carbocycles. The minimum atomic E-state index is -2.73. The van der Waals surface area contributed by atoms with E-state index in [1.807, 2.05) is 27.7 Å². The van der Waals surface area contributed by atoms with Crippen LogP contribution in [0.4, 0.5) is 8.78 Å². The number of alkyl halides is 2. The average Bonchev–Trinajstić information content (AvgIpc) is 2.23. The number of rotatable bonds is 0. The van der Waals surface area contributed by atoms with E-state index in [9.17, 15) is 8.78 Å². The number of halogens is 2. The normalized spacial score (nSPS) is 23.1. The van der Waals surface area contributed by atoms with Crippen molar-refractivity contribution in [3.05, 3.63) is 0 Å². The van der Waals surface area contributed by atoms with Crippen LogP contribution in [0, 0.1) is 16.9 Å². The molecule has 0 unspecified atom stereocenters. The van der Waals surface area contributed by atoms with Crippen LogP contribution in [0.15, 0.2) is 0 Å². The molecule has 15 heavy (non-hydrogen) atoms. The van der Waals surface area contributed by atoms with Crippen molar-refractivity contribution in [1.82, 2.24) is 4.90 Å². The predicted molar refractivity (Wildman–Crippen MR) is 56.5 cm³/mol. The summed E-state index contributed by atoms with van der Waals surface area (Å²) in [6, 6.07) is 0. The van der Waals surface area contributed by atoms with E-state index in [1.54, 1.807) is 6.19 Å². The minimum absolute atomic E-state index is 0.127. The second-order valence-corrected chi connectivity index (χ2v) is 4.47. The highest BCUT2D eigenvalue weighted by molar-refractivity contribution is 4.90. The van der Waals surface area contributed by atoms with Crippen LogP contribution in [-0.2, 0) is 0 Å². The van der Waals surface area contributed by atoms with Gasteiger partial charge in [0.15, 0.2) is 6.19 Å². The van der Waals surface area contributed by atoms with Crippen LogP contribution < -0.4 is 0 Å². The lowest BCUT2D eigenvalue weighted by Crippen LogP contribution is -2.32. The van der Waals surface area contributed by atoms with E-state index in [-0.39, 0.29) is 11.8 Å². The van der Waals surface area contributed by atoms with Gasteiger partial charge in [0, 0.05) is 13.0 Å². The van der Waals surface area contributed by atoms with Gasteiger partial charge in [0.1, 0.15) is 0 Å². The zero-order chi connectivity index (χ0) is 12.1. The predicted octanol–water partition coefficient (Wildman–Crippen LogP) is 3.25. The van der Waals surface area contributed by atoms with Crippen LogP contribution >= 0.6 is 0 Å². The lowest BCUT2D eigenvalue weighted by Gasteiger charge is -2.24. The van der Waals surface area contributed by atoms with Gasteiger partial charge in [-0.15, -0.1) is 0 Å². The number of nitrogens with zero attached hydrogens (tertiary/aromatic N) is 2. The zero-order valence-corrected chi connectivity index (χ0v) is 9.98. The van der Waals surface area contributed by atoms with Crippen molar-refractivity contribution in [2.24, 2.45) is 5.41 Å². The third-order valence-corrected chi connectivity index (χ3v) is 2.36. The Morgan fingerprint density at radius 1 is 1.27 bits per heavy atom. The van der Waals surface area contributed by atoms with Crippen molar-refractivity contribution in [2.75, 3.05) is 13.1 Å². The first-order valence-corrected chi connectivity index (χ1v) is 5.37. The molecule has 0 N–H and O–H groups in total. The second-order valence-electron chi connectivity index (χ2n) is 4.47. The average molecular weight is 218 g/mol. The van der Waals surface area contributed by atoms with E-state index in [4.69, 9.17) is 5.26 Å². The second kappa shape index (κ2) is 5.29. The quantitative estimate of drug-likeness (QED) is 0.583. The van der Waals surface area contributed by atoms with E-state index in [2.05, 4.69) is 0 Å². The van der Waals surface area contributed by atoms with Gasteiger partial charge in [0.05, 0.1) is 6.54 Å². The van der Waals surface area contributed by atoms with Crippen LogP contribution in [0.5, 0.6) is 0 Å². The molecule has 1 fully saturated rings. The number of nitriles is 1. The molecule has 0 bridgehead atoms. The van der Waals surface area contributed by atoms with Gasteiger partial charge < -0.3 is 4.90 Å². The Hall–Kier alpha value is -0.850. The molecule has 1 rings (SSSR count). The Balaban J connectivity index is 0.000000921. The first-order chi connectivity index (χ1) is 6.85. The molecule has 0 aromatic heterocycles. The van der Waals surface area contributed by atoms with Crippen molar-refractivity contribution in [1.29, 1.82) is 5.26 Å². The van der Waals surface area contributed by atoms with E-state index >= 15 is 0 Å². The monoisotopic (exact) mass is 218 g/mol. The van der Waals surface area contributed by atoms with Gasteiger partial charge in [-0.25, -0.2) is 8.78 Å². The molecule has 0 spiro atoms. The van der Waals surface area contributed by atoms with E-state index in [1.165, 1.54) is 0 Å². The Kier molecular flexibility index (Phi) is 4.99. The smallest absolute Gasteiger partial charge is 0.266 e. The number of likely N-dealkylation sites (tertiary alicyclic amines) is 1. The molecule has 4 heteroatoms. The molecule has 0 amide bonds. The highest BCUT2D eigenvalue weighted by Gasteiger charge is 2.41. The molecule has 1 aliphatic rings. The maximum Gasteiger partial charge on any atom is 0.266 e. The minimum Gasteiger partial charge on any atom is -0.305 e. The van der Waals surface area contributed by atoms with Gasteiger partial charge in [0.2, 0.25) is 0 Å². The molecule has 0 aromatic rings. The highest BCUT2D eigenvalue weighted by Crippen LogP contribution is 2.37. The van der Waals surface area contributed by atoms with Gasteiger partial charge in [-0.3, -0.25) is 0 Å². The summed E-state index contributed by atoms with van der Waals surface area (Å²) in [7, 11) is 0. The van der Waals surface area contributed by atoms with E-state index in [0.717, 1.165) is 4.90 Å². The molecule has 88 valence electrons. The summed E-state index contributed by atoms with van der Waals surface area (Å²) < 4.78 is 26.4. The van der Waals surface area contributed by atoms with Crippen LogP contribution in [0.25, 0.3) is 0 Å². The summed E-state index contributed by atoms with van der Waals surface area (Å²) in [6.07, 6.45) is 2.31. The zero-order valence-electron chi connectivity index (χ0n) is 9.98. The Bertz CT molecular complexity index is 231. The third-order valence-electron chi connectivity index (χ3n) is 2.36. The lowest BCUT2D eigenvalue weighted by molar-refractivity contribution is -0.0399. The van der Waals surface area contributed by atoms with Gasteiger partial charge >= 0.3 is 0 Å². The highest BCUT2D eigenvalue weighted by atomic mass is 19.3. The maximum atomic E-state index is 13.2. The first kappa shape index (κ1) is 14.2. The lowest BCUT2D eigenvalue weighted by atomic mass is 9.84. The van der Waals surface area contributed by atoms with Crippen molar-refractivity contribution in [3.8, 4) is 6.19 Å². The summed E-state index contributed by atoms with van der Waals surface area (Å²) in [6.45, 7) is 7.66. The standard InChI is InChI=1S/C9H14F2N2.C2H6/c1-8(2)3-4-13(7-12)6-9(10,11)5-8;1-2/h3-6H2,1-2H3;1-2H3. The van der Waals surface area contributed by atoms with Crippen LogP contribution in [0.2, 0.25) is 0 Å². The molecule has 2 nitrogen and oxygen atoms in total. The SMILES string of the molecule is CC.CC1(C)CCN(C#N)CC(F)(F)C1. The van der Waals surface area contributed by atoms with Crippen molar-refractivity contribution >= 4 is 0 Å². The van der Waals surface area contributed by atoms with Gasteiger partial charge in [-0.1, -0.05) is 27.7 Å². The first-order valence-electron chi connectivity index (χ1n) is 5.37. The molecule has 1 aliphatic heterocycles. The van der Waals surface area contributed by atoms with E-state index < -0.39 is 12.5 Å². The Morgan fingerprint density at radius 3 is 2.27 bits per heavy atom. The Morgan fingerprint density at radius 2 is 1.80 bits per heavy atom. The largest absolute Gasteiger partial charge is 0.305 e. The molecule has 0 atom stereocenters. The van der Waals surface area contributed by atoms with Crippen molar-refractivity contribution in [2.45, 2.75) is 46.5 Å². The van der Waals surface area contributed by atoms with Gasteiger partial charge in [-0.05, 0) is 11.8 Å². The fourth-order valence-electron chi connectivity index (χ4n) is 1.73. The van der Waals surface area contributed by atoms with Gasteiger partial charge in [-0.2, -0.15) is 5.26 Å². The topological polar surface area (TPSA) is 27.0 Å². The molecule has 1 heterocycles. The number of hydrogen-bond donors (Lipinski definition) is 0. The summed E-state index contributed by atoms with van der Waals surface area (Å²) >= 11 is 0. The third kappa shape index (κ3) is 4.96. The number of hydrogen-bond acceptors (Lipinski definition) is 2. The van der Waals surface area contributed by atoms with Crippen LogP contribution in [0.1, 0.15) is 40.5 Å². The summed E-state index contributed by atoms with van der Waals surface area (Å²) in [5, 5.41) is 8.56. The molecular weight excluding hydrogens is 198 g/mol. The summed E-state index contributed by atoms with van der Waals surface area (Å²) in [4.78, 5) is 1.15. The molecule has 1 saturated heterocycles. The molecule has 0 aliphatic carbocycles. The fraction of sp³-hybridized carbons (Fsp3) is 0.909. The molecule has 0 radical (unpaired) electrons. The van der Waals surface area contributed by atoms with Crippen LogP contribution in [0.3, 0.4) is 0 Å². The van der Waals surface area contributed by atoms with Crippen molar-refractivity contribution in [3.63, 3.8) is 0 Å². The summed E-state index contributed by atoms with van der Waals surface area (Å²) in [5.41, 5.74) is -0.366. The van der Waals surface area contributed by atoms with E-state index in [0.29, 0.717) is 13.0 Å². The molecule has 0 aromatic carbocycles. The van der Waals surface area contributed by atoms with Crippen LogP contribution in [-0.4, -0.2) is 23.9 Å². The Labute approximate surface area is 90.9 Å². The summed E-state index contributed by atoms with van der Waals surface area (Å²) in [5.74, 6) is -2.73.